The minimum Gasteiger partial charge on any atom is -0.0622 e. The predicted octanol–water partition coefficient (Wildman–Crippen LogP) is 11.7. The summed E-state index contributed by atoms with van der Waals surface area (Å²) in [6.07, 6.45) is 0. The van der Waals surface area contributed by atoms with Crippen molar-refractivity contribution in [1.29, 1.82) is 0 Å². The van der Waals surface area contributed by atoms with Gasteiger partial charge in [-0.05, 0) is 71.5 Å². The molecule has 0 aliphatic carbocycles. The third-order valence-electron chi connectivity index (χ3n) is 9.13. The van der Waals surface area contributed by atoms with Crippen molar-refractivity contribution in [3.05, 3.63) is 273 Å². The molecule has 0 aliphatic rings. The molecule has 0 spiro atoms. The van der Waals surface area contributed by atoms with Gasteiger partial charge in [0.1, 0.15) is 0 Å². The van der Waals surface area contributed by atoms with Crippen LogP contribution in [0.5, 0.6) is 0 Å². The van der Waals surface area contributed by atoms with Gasteiger partial charge in [-0.1, -0.05) is 273 Å². The molecule has 0 N–H and O–H groups in total. The van der Waals surface area contributed by atoms with Gasteiger partial charge in [0, 0.05) is 0 Å². The van der Waals surface area contributed by atoms with Crippen molar-refractivity contribution in [3.63, 3.8) is 0 Å². The van der Waals surface area contributed by atoms with E-state index in [1.165, 1.54) is 47.7 Å². The molecule has 60 heavy (non-hydrogen) atoms. The third-order valence-corrected chi connectivity index (χ3v) is 16.5. The van der Waals surface area contributed by atoms with Gasteiger partial charge >= 0.3 is 35.3 Å². The molecular weight excluding hydrogens is 1010 g/mol. The molecule has 6 heteroatoms. The number of hydrogen-bond acceptors (Lipinski definition) is 0. The Bertz CT molecular complexity index is 1890. The Labute approximate surface area is 377 Å². The first kappa shape index (κ1) is 45.1. The predicted molar refractivity (Wildman–Crippen MR) is 267 cm³/mol. The second kappa shape index (κ2) is 26.0. The molecule has 0 saturated heterocycles. The maximum Gasteiger partial charge on any atom is -0.0134 e. The van der Waals surface area contributed by atoms with Crippen LogP contribution in [0.15, 0.2) is 273 Å². The zero-order valence-corrected chi connectivity index (χ0v) is 39.4. The van der Waals surface area contributed by atoms with E-state index in [1.54, 1.807) is 0 Å². The second-order valence-corrected chi connectivity index (χ2v) is 23.0. The molecule has 0 saturated carbocycles. The van der Waals surface area contributed by atoms with Crippen LogP contribution in [-0.2, 0) is 16.5 Å². The molecule has 300 valence electrons. The summed E-state index contributed by atoms with van der Waals surface area (Å²) in [5, 5.41) is 12.6. The molecule has 0 atom stereocenters. The van der Waals surface area contributed by atoms with Crippen LogP contribution in [0.4, 0.5) is 0 Å². The van der Waals surface area contributed by atoms with Crippen LogP contribution in [0, 0.1) is 0 Å². The van der Waals surface area contributed by atoms with Crippen molar-refractivity contribution in [1.82, 2.24) is 0 Å². The van der Waals surface area contributed by atoms with Gasteiger partial charge in [-0.25, -0.2) is 0 Å². The van der Waals surface area contributed by atoms with Gasteiger partial charge in [-0.15, -0.1) is 0 Å². The Kier molecular flexibility index (Phi) is 19.5. The van der Waals surface area contributed by atoms with Crippen molar-refractivity contribution in [2.45, 2.75) is 0 Å². The molecule has 0 fully saturated rings. The van der Waals surface area contributed by atoms with Crippen molar-refractivity contribution in [2.24, 2.45) is 0 Å². The first-order valence-corrected chi connectivity index (χ1v) is 29.1. The maximum atomic E-state index is 4.88. The first-order chi connectivity index (χ1) is 29.8. The minimum atomic E-state index is -0.472. The Morgan fingerprint density at radius 2 is 0.267 bits per heavy atom. The Morgan fingerprint density at radius 1 is 0.183 bits per heavy atom. The Morgan fingerprint density at radius 3 is 0.350 bits per heavy atom. The molecular formula is C54H45Cl2P3Pt. The van der Waals surface area contributed by atoms with Gasteiger partial charge in [0.25, 0.3) is 0 Å². The minimum absolute atomic E-state index is 0.446. The van der Waals surface area contributed by atoms with E-state index in [0.717, 1.165) is 0 Å². The van der Waals surface area contributed by atoms with Crippen LogP contribution in [0.2, 0.25) is 0 Å². The van der Waals surface area contributed by atoms with Crippen LogP contribution in [0.3, 0.4) is 0 Å². The van der Waals surface area contributed by atoms with E-state index in [1.807, 2.05) is 0 Å². The molecule has 0 unspecified atom stereocenters. The summed E-state index contributed by atoms with van der Waals surface area (Å²) in [4.78, 5) is 0. The maximum absolute atomic E-state index is 4.88. The fourth-order valence-electron chi connectivity index (χ4n) is 6.54. The average molecular weight is 1050 g/mol. The monoisotopic (exact) mass is 1050 g/mol. The van der Waals surface area contributed by atoms with Crippen LogP contribution < -0.4 is 47.7 Å². The van der Waals surface area contributed by atoms with E-state index in [9.17, 15) is 0 Å². The molecule has 0 bridgehead atoms. The molecule has 0 aromatic heterocycles. The zero-order chi connectivity index (χ0) is 41.5. The fourth-order valence-corrected chi connectivity index (χ4v) is 13.5. The summed E-state index contributed by atoms with van der Waals surface area (Å²) in [5.74, 6) is 0. The number of halogens is 2. The van der Waals surface area contributed by atoms with Crippen LogP contribution >= 0.6 is 42.6 Å². The SMILES string of the molecule is [Cl][Pt][Cl].c1ccc(P(c2ccccc2)c2ccccc2)cc1.c1ccc(P(c2ccccc2)c2ccccc2)cc1.c1ccc(P(c2ccccc2)c2ccccc2)cc1. The molecule has 0 aliphatic heterocycles. The fraction of sp³-hybridized carbons (Fsp3) is 0. The van der Waals surface area contributed by atoms with Crippen LogP contribution in [0.25, 0.3) is 0 Å². The van der Waals surface area contributed by atoms with Crippen molar-refractivity contribution >= 4 is 90.3 Å². The summed E-state index contributed by atoms with van der Waals surface area (Å²) < 4.78 is 0. The van der Waals surface area contributed by atoms with Gasteiger partial charge in [0.15, 0.2) is 0 Å². The van der Waals surface area contributed by atoms with Gasteiger partial charge in [0.2, 0.25) is 0 Å². The van der Waals surface area contributed by atoms with Crippen molar-refractivity contribution in [2.75, 3.05) is 0 Å². The van der Waals surface area contributed by atoms with Crippen LogP contribution in [0.1, 0.15) is 0 Å². The van der Waals surface area contributed by atoms with E-state index in [-0.39, 0.29) is 0 Å². The summed E-state index contributed by atoms with van der Waals surface area (Å²) in [6.45, 7) is 0. The summed E-state index contributed by atoms with van der Waals surface area (Å²) in [6, 6.07) is 97.0. The standard InChI is InChI=1S/3C18H15P.2ClH.Pt/c3*1-4-10-16(11-5-1)19(17-12-6-2-7-13-17)18-14-8-3-9-15-18;;;/h3*1-15H;2*1H;/q;;;;;+2/p-2. The van der Waals surface area contributed by atoms with E-state index in [0.29, 0.717) is 0 Å². The quantitative estimate of drug-likeness (QED) is 0.126. The first-order valence-electron chi connectivity index (χ1n) is 19.4. The van der Waals surface area contributed by atoms with Gasteiger partial charge in [-0.3, -0.25) is 0 Å². The van der Waals surface area contributed by atoms with Crippen molar-refractivity contribution in [3.8, 4) is 0 Å². The van der Waals surface area contributed by atoms with E-state index in [2.05, 4.69) is 273 Å². The molecule has 0 heterocycles. The third kappa shape index (κ3) is 13.8. The molecule has 9 rings (SSSR count). The smallest absolute Gasteiger partial charge is 0.0134 e. The number of benzene rings is 9. The van der Waals surface area contributed by atoms with E-state index >= 15 is 0 Å². The molecule has 0 radical (unpaired) electrons. The molecule has 9 aromatic rings. The largest absolute Gasteiger partial charge is 0.0622 e. The normalized spacial score (nSPS) is 10.4. The zero-order valence-electron chi connectivity index (χ0n) is 32.9. The average Bonchev–Trinajstić information content (AvgIpc) is 3.33. The molecule has 9 aromatic carbocycles. The Balaban J connectivity index is 0.000000146. The molecule has 0 amide bonds. The van der Waals surface area contributed by atoms with Gasteiger partial charge in [0.05, 0.1) is 0 Å². The number of hydrogen-bond donors (Lipinski definition) is 0. The van der Waals surface area contributed by atoms with Crippen molar-refractivity contribution < 1.29 is 16.5 Å². The van der Waals surface area contributed by atoms with E-state index in [4.69, 9.17) is 18.8 Å². The Hall–Kier alpha value is -4.46. The summed E-state index contributed by atoms with van der Waals surface area (Å²) in [5.41, 5.74) is 0. The van der Waals surface area contributed by atoms with E-state index < -0.39 is 40.2 Å². The van der Waals surface area contributed by atoms with Gasteiger partial charge in [-0.2, -0.15) is 0 Å². The van der Waals surface area contributed by atoms with Gasteiger partial charge < -0.3 is 0 Å². The topological polar surface area (TPSA) is 0 Å². The summed E-state index contributed by atoms with van der Waals surface area (Å²) in [7, 11) is 8.41. The molecule has 0 nitrogen and oxygen atoms in total. The van der Waals surface area contributed by atoms with Crippen LogP contribution in [-0.4, -0.2) is 0 Å². The summed E-state index contributed by atoms with van der Waals surface area (Å²) >= 11 is -0.472. The second-order valence-electron chi connectivity index (χ2n) is 13.1. The number of rotatable bonds is 9.